The molecular formula is C18H23FIN5O2S. The van der Waals surface area contributed by atoms with Crippen molar-refractivity contribution in [3.05, 3.63) is 54.1 Å². The number of hydrogen-bond acceptors (Lipinski definition) is 5. The van der Waals surface area contributed by atoms with Crippen LogP contribution >= 0.6 is 24.0 Å². The summed E-state index contributed by atoms with van der Waals surface area (Å²) in [6.07, 6.45) is 2.69. The van der Waals surface area contributed by atoms with Crippen LogP contribution in [0.1, 0.15) is 5.69 Å². The fourth-order valence-electron chi connectivity index (χ4n) is 2.98. The fraction of sp³-hybridized carbons (Fsp3) is 0.333. The molecule has 10 heteroatoms. The topological polar surface area (TPSA) is 91.9 Å². The summed E-state index contributed by atoms with van der Waals surface area (Å²) >= 11 is 0. The molecule has 1 fully saturated rings. The lowest BCUT2D eigenvalue weighted by Gasteiger charge is -2.36. The van der Waals surface area contributed by atoms with Crippen molar-refractivity contribution in [1.29, 1.82) is 0 Å². The summed E-state index contributed by atoms with van der Waals surface area (Å²) < 4.78 is 36.7. The number of anilines is 1. The van der Waals surface area contributed by atoms with Crippen molar-refractivity contribution in [1.82, 2.24) is 9.88 Å². The lowest BCUT2D eigenvalue weighted by molar-refractivity contribution is 0.380. The summed E-state index contributed by atoms with van der Waals surface area (Å²) in [6, 6.07) is 9.52. The SMILES string of the molecule is CS(=O)(=O)c1cccnc1CN=C(N)N1CCN(c2ccc(F)cc2)CC1.I. The standard InChI is InChI=1S/C18H22FN5O2S.HI/c1-27(25,26)17-3-2-8-21-16(17)13-22-18(20)24-11-9-23(10-12-24)15-6-4-14(19)5-7-15;/h2-8H,9-13H2,1H3,(H2,20,22);1H. The van der Waals surface area contributed by atoms with Crippen LogP contribution in [0.25, 0.3) is 0 Å². The van der Waals surface area contributed by atoms with Crippen LogP contribution in [-0.4, -0.2) is 56.7 Å². The predicted molar refractivity (Wildman–Crippen MR) is 118 cm³/mol. The van der Waals surface area contributed by atoms with Crippen LogP contribution in [0.5, 0.6) is 0 Å². The van der Waals surface area contributed by atoms with Crippen LogP contribution in [0.3, 0.4) is 0 Å². The highest BCUT2D eigenvalue weighted by Crippen LogP contribution is 2.17. The van der Waals surface area contributed by atoms with Gasteiger partial charge in [-0.1, -0.05) is 0 Å². The Morgan fingerprint density at radius 3 is 2.43 bits per heavy atom. The predicted octanol–water partition coefficient (Wildman–Crippen LogP) is 1.88. The van der Waals surface area contributed by atoms with Crippen LogP contribution in [0, 0.1) is 5.82 Å². The maximum absolute atomic E-state index is 13.0. The molecule has 2 N–H and O–H groups in total. The Labute approximate surface area is 181 Å². The zero-order valence-electron chi connectivity index (χ0n) is 15.5. The number of piperazine rings is 1. The number of benzene rings is 1. The van der Waals surface area contributed by atoms with Gasteiger partial charge in [-0.05, 0) is 36.4 Å². The summed E-state index contributed by atoms with van der Waals surface area (Å²) in [4.78, 5) is 12.7. The van der Waals surface area contributed by atoms with E-state index in [4.69, 9.17) is 5.73 Å². The summed E-state index contributed by atoms with van der Waals surface area (Å²) in [5.41, 5.74) is 7.44. The van der Waals surface area contributed by atoms with E-state index in [0.29, 0.717) is 24.7 Å². The Balaban J connectivity index is 0.00000280. The van der Waals surface area contributed by atoms with Crippen molar-refractivity contribution in [3.8, 4) is 0 Å². The number of guanidine groups is 1. The van der Waals surface area contributed by atoms with Crippen molar-refractivity contribution in [2.75, 3.05) is 37.3 Å². The molecule has 7 nitrogen and oxygen atoms in total. The molecule has 0 amide bonds. The number of nitrogens with zero attached hydrogens (tertiary/aromatic N) is 4. The normalized spacial score (nSPS) is 15.3. The number of hydrogen-bond donors (Lipinski definition) is 1. The molecule has 1 saturated heterocycles. The van der Waals surface area contributed by atoms with Crippen molar-refractivity contribution < 1.29 is 12.8 Å². The van der Waals surface area contributed by atoms with Gasteiger partial charge >= 0.3 is 0 Å². The highest BCUT2D eigenvalue weighted by atomic mass is 127. The van der Waals surface area contributed by atoms with Crippen LogP contribution < -0.4 is 10.6 Å². The van der Waals surface area contributed by atoms with Crippen molar-refractivity contribution in [2.45, 2.75) is 11.4 Å². The molecule has 1 aliphatic rings. The van der Waals surface area contributed by atoms with Crippen LogP contribution in [-0.2, 0) is 16.4 Å². The molecule has 0 radical (unpaired) electrons. The molecule has 0 saturated carbocycles. The maximum Gasteiger partial charge on any atom is 0.191 e. The largest absolute Gasteiger partial charge is 0.370 e. The number of sulfone groups is 1. The number of nitrogens with two attached hydrogens (primary N) is 1. The third kappa shape index (κ3) is 5.53. The maximum atomic E-state index is 13.0. The molecule has 0 unspecified atom stereocenters. The smallest absolute Gasteiger partial charge is 0.191 e. The van der Waals surface area contributed by atoms with E-state index in [1.165, 1.54) is 24.4 Å². The van der Waals surface area contributed by atoms with Crippen molar-refractivity contribution in [3.63, 3.8) is 0 Å². The summed E-state index contributed by atoms with van der Waals surface area (Å²) in [5.74, 6) is 0.107. The summed E-state index contributed by atoms with van der Waals surface area (Å²) in [6.45, 7) is 2.93. The minimum absolute atomic E-state index is 0. The Kier molecular flexibility index (Phi) is 7.58. The fourth-order valence-corrected chi connectivity index (χ4v) is 3.85. The first kappa shape index (κ1) is 22.3. The Morgan fingerprint density at radius 2 is 1.82 bits per heavy atom. The van der Waals surface area contributed by atoms with Gasteiger partial charge in [0, 0.05) is 44.3 Å². The second-order valence-electron chi connectivity index (χ2n) is 6.35. The van der Waals surface area contributed by atoms with Gasteiger partial charge in [-0.2, -0.15) is 0 Å². The van der Waals surface area contributed by atoms with Gasteiger partial charge < -0.3 is 15.5 Å². The summed E-state index contributed by atoms with van der Waals surface area (Å²) in [5, 5.41) is 0. The zero-order valence-corrected chi connectivity index (χ0v) is 18.6. The van der Waals surface area contributed by atoms with Crippen LogP contribution in [0.15, 0.2) is 52.5 Å². The molecule has 0 aliphatic carbocycles. The lowest BCUT2D eigenvalue weighted by Crippen LogP contribution is -2.51. The molecular weight excluding hydrogens is 496 g/mol. The molecule has 28 heavy (non-hydrogen) atoms. The second kappa shape index (κ2) is 9.50. The van der Waals surface area contributed by atoms with Gasteiger partial charge in [-0.15, -0.1) is 24.0 Å². The summed E-state index contributed by atoms with van der Waals surface area (Å²) in [7, 11) is -3.37. The number of pyridine rings is 1. The highest BCUT2D eigenvalue weighted by molar-refractivity contribution is 14.0. The molecule has 2 heterocycles. The third-order valence-corrected chi connectivity index (χ3v) is 5.60. The van der Waals surface area contributed by atoms with E-state index in [2.05, 4.69) is 14.9 Å². The number of rotatable bonds is 4. The van der Waals surface area contributed by atoms with Gasteiger partial charge in [0.05, 0.1) is 17.1 Å². The van der Waals surface area contributed by atoms with Gasteiger partial charge in [-0.3, -0.25) is 4.98 Å². The molecule has 1 aliphatic heterocycles. The van der Waals surface area contributed by atoms with Crippen LogP contribution in [0.2, 0.25) is 0 Å². The highest BCUT2D eigenvalue weighted by Gasteiger charge is 2.19. The monoisotopic (exact) mass is 519 g/mol. The van der Waals surface area contributed by atoms with Crippen molar-refractivity contribution >= 4 is 45.5 Å². The Morgan fingerprint density at radius 1 is 1.18 bits per heavy atom. The molecule has 3 rings (SSSR count). The van der Waals surface area contributed by atoms with Gasteiger partial charge in [0.2, 0.25) is 0 Å². The molecule has 1 aromatic carbocycles. The minimum atomic E-state index is -3.37. The minimum Gasteiger partial charge on any atom is -0.370 e. The van der Waals surface area contributed by atoms with Gasteiger partial charge in [0.25, 0.3) is 0 Å². The quantitative estimate of drug-likeness (QED) is 0.377. The van der Waals surface area contributed by atoms with Gasteiger partial charge in [0.15, 0.2) is 15.8 Å². The average Bonchev–Trinajstić information content (AvgIpc) is 2.66. The zero-order chi connectivity index (χ0) is 19.4. The Hall–Kier alpha value is -1.95. The molecule has 152 valence electrons. The third-order valence-electron chi connectivity index (χ3n) is 4.43. The Bertz CT molecular complexity index is 929. The van der Waals surface area contributed by atoms with E-state index < -0.39 is 9.84 Å². The molecule has 0 bridgehead atoms. The van der Waals surface area contributed by atoms with Crippen LogP contribution in [0.4, 0.5) is 10.1 Å². The lowest BCUT2D eigenvalue weighted by atomic mass is 10.2. The molecule has 1 aromatic heterocycles. The first-order chi connectivity index (χ1) is 12.8. The number of aliphatic imine (C=N–C) groups is 1. The van der Waals surface area contributed by atoms with E-state index in [1.54, 1.807) is 18.2 Å². The molecule has 0 atom stereocenters. The van der Waals surface area contributed by atoms with E-state index in [-0.39, 0.29) is 41.2 Å². The second-order valence-corrected chi connectivity index (χ2v) is 8.33. The average molecular weight is 519 g/mol. The molecule has 2 aromatic rings. The molecule has 0 spiro atoms. The van der Waals surface area contributed by atoms with Gasteiger partial charge in [-0.25, -0.2) is 17.8 Å². The van der Waals surface area contributed by atoms with E-state index in [0.717, 1.165) is 25.0 Å². The first-order valence-electron chi connectivity index (χ1n) is 8.54. The van der Waals surface area contributed by atoms with E-state index in [9.17, 15) is 12.8 Å². The van der Waals surface area contributed by atoms with Crippen molar-refractivity contribution in [2.24, 2.45) is 10.7 Å². The first-order valence-corrected chi connectivity index (χ1v) is 10.4. The van der Waals surface area contributed by atoms with E-state index >= 15 is 0 Å². The van der Waals surface area contributed by atoms with E-state index in [1.807, 2.05) is 4.90 Å². The number of aromatic nitrogens is 1. The van der Waals surface area contributed by atoms with Gasteiger partial charge in [0.1, 0.15) is 5.82 Å². The number of halogens is 2.